The van der Waals surface area contributed by atoms with E-state index in [9.17, 15) is 15.3 Å². The molecule has 34 heavy (non-hydrogen) atoms. The molecule has 2 N–H and O–H groups in total. The Bertz CT molecular complexity index is 1320. The molecule has 0 saturated heterocycles. The predicted molar refractivity (Wildman–Crippen MR) is 140 cm³/mol. The van der Waals surface area contributed by atoms with Crippen molar-refractivity contribution in [3.63, 3.8) is 0 Å². The number of nitrogens with zero attached hydrogens (tertiary/aromatic N) is 1. The number of aliphatic hydroxyl groups excluding tert-OH is 1. The molecule has 170 valence electrons. The van der Waals surface area contributed by atoms with Crippen LogP contribution in [0.2, 0.25) is 0 Å². The van der Waals surface area contributed by atoms with Crippen LogP contribution < -0.4 is 4.90 Å². The highest BCUT2D eigenvalue weighted by Crippen LogP contribution is 2.47. The highest BCUT2D eigenvalue weighted by molar-refractivity contribution is 9.10. The van der Waals surface area contributed by atoms with Crippen molar-refractivity contribution in [1.29, 1.82) is 5.41 Å². The SMILES string of the molecule is Cc1ccc(C(O)=C2C(=N)N(c3ccc(Br)cc3)C3=C(C(=O)CCC3)[C@H]2c2ccccc2)cc1. The number of rotatable bonds is 3. The molecule has 0 radical (unpaired) electrons. The van der Waals surface area contributed by atoms with Crippen molar-refractivity contribution in [1.82, 2.24) is 0 Å². The van der Waals surface area contributed by atoms with Crippen LogP contribution in [0.4, 0.5) is 5.69 Å². The van der Waals surface area contributed by atoms with Crippen LogP contribution in [-0.4, -0.2) is 16.7 Å². The third kappa shape index (κ3) is 3.90. The third-order valence-corrected chi connectivity index (χ3v) is 7.08. The number of benzene rings is 3. The van der Waals surface area contributed by atoms with Gasteiger partial charge in [-0.1, -0.05) is 76.1 Å². The first-order valence-electron chi connectivity index (χ1n) is 11.4. The first-order valence-corrected chi connectivity index (χ1v) is 12.2. The summed E-state index contributed by atoms with van der Waals surface area (Å²) >= 11 is 3.49. The Kier molecular flexibility index (Phi) is 5.96. The molecule has 1 aliphatic heterocycles. The first-order chi connectivity index (χ1) is 16.5. The fraction of sp³-hybridized carbons (Fsp3) is 0.172. The molecule has 2 aliphatic rings. The van der Waals surface area contributed by atoms with E-state index in [2.05, 4.69) is 15.9 Å². The number of nitrogens with one attached hydrogen (secondary N) is 1. The Morgan fingerprint density at radius 1 is 0.971 bits per heavy atom. The Hall–Kier alpha value is -3.44. The standard InChI is InChI=1S/C29H25BrN2O2/c1-18-10-12-20(13-11-18)28(34)27-25(19-6-3-2-4-7-19)26-23(8-5-9-24(26)33)32(29(27)31)22-16-14-21(30)15-17-22/h2-4,6-7,10-17,25,31,34H,5,8-9H2,1H3/t25-/m1/s1. The van der Waals surface area contributed by atoms with Gasteiger partial charge in [-0.2, -0.15) is 0 Å². The van der Waals surface area contributed by atoms with Crippen LogP contribution in [0.25, 0.3) is 5.76 Å². The molecule has 0 aromatic heterocycles. The molecule has 4 nitrogen and oxygen atoms in total. The Morgan fingerprint density at radius 2 is 1.65 bits per heavy atom. The summed E-state index contributed by atoms with van der Waals surface area (Å²) in [6.07, 6.45) is 1.94. The molecule has 0 amide bonds. The maximum absolute atomic E-state index is 13.4. The lowest BCUT2D eigenvalue weighted by Crippen LogP contribution is -2.42. The second-order valence-corrected chi connectivity index (χ2v) is 9.69. The fourth-order valence-electron chi connectivity index (χ4n) is 4.91. The number of carbonyl (C=O) groups excluding carboxylic acids is 1. The van der Waals surface area contributed by atoms with Gasteiger partial charge in [0, 0.05) is 44.9 Å². The number of amidine groups is 1. The summed E-state index contributed by atoms with van der Waals surface area (Å²) in [6.45, 7) is 2.00. The first kappa shape index (κ1) is 22.4. The largest absolute Gasteiger partial charge is 0.507 e. The molecule has 0 bridgehead atoms. The minimum Gasteiger partial charge on any atom is -0.507 e. The number of halogens is 1. The molecule has 5 heteroatoms. The monoisotopic (exact) mass is 512 g/mol. The van der Waals surface area contributed by atoms with Gasteiger partial charge in [-0.05, 0) is 49.6 Å². The van der Waals surface area contributed by atoms with Crippen molar-refractivity contribution in [2.45, 2.75) is 32.1 Å². The fourth-order valence-corrected chi connectivity index (χ4v) is 5.18. The van der Waals surface area contributed by atoms with Crippen molar-refractivity contribution >= 4 is 39.0 Å². The van der Waals surface area contributed by atoms with Crippen molar-refractivity contribution in [2.24, 2.45) is 0 Å². The molecular weight excluding hydrogens is 488 g/mol. The summed E-state index contributed by atoms with van der Waals surface area (Å²) in [7, 11) is 0. The summed E-state index contributed by atoms with van der Waals surface area (Å²) < 4.78 is 0.939. The average Bonchev–Trinajstić information content (AvgIpc) is 2.85. The van der Waals surface area contributed by atoms with Gasteiger partial charge in [0.2, 0.25) is 0 Å². The molecule has 1 heterocycles. The molecule has 3 aromatic rings. The van der Waals surface area contributed by atoms with Crippen molar-refractivity contribution in [3.8, 4) is 0 Å². The quantitative estimate of drug-likeness (QED) is 0.361. The molecule has 0 fully saturated rings. The second-order valence-electron chi connectivity index (χ2n) is 8.77. The van der Waals surface area contributed by atoms with Gasteiger partial charge in [0.05, 0.1) is 0 Å². The van der Waals surface area contributed by atoms with E-state index in [1.807, 2.05) is 90.7 Å². The van der Waals surface area contributed by atoms with Gasteiger partial charge in [0.15, 0.2) is 5.78 Å². The Morgan fingerprint density at radius 3 is 2.32 bits per heavy atom. The highest BCUT2D eigenvalue weighted by atomic mass is 79.9. The lowest BCUT2D eigenvalue weighted by Gasteiger charge is -2.41. The maximum atomic E-state index is 13.4. The van der Waals surface area contributed by atoms with E-state index in [0.717, 1.165) is 33.4 Å². The number of anilines is 1. The van der Waals surface area contributed by atoms with E-state index in [1.54, 1.807) is 0 Å². The van der Waals surface area contributed by atoms with Crippen LogP contribution in [0, 0.1) is 12.3 Å². The lowest BCUT2D eigenvalue weighted by atomic mass is 9.73. The molecule has 0 spiro atoms. The molecule has 5 rings (SSSR count). The number of allylic oxidation sites excluding steroid dienone is 2. The van der Waals surface area contributed by atoms with Gasteiger partial charge >= 0.3 is 0 Å². The molecule has 1 atom stereocenters. The minimum absolute atomic E-state index is 0.0332. The van der Waals surface area contributed by atoms with E-state index in [1.165, 1.54) is 0 Å². The van der Waals surface area contributed by atoms with Gasteiger partial charge < -0.3 is 5.11 Å². The van der Waals surface area contributed by atoms with Crippen LogP contribution in [0.3, 0.4) is 0 Å². The van der Waals surface area contributed by atoms with E-state index in [-0.39, 0.29) is 17.4 Å². The number of ketones is 1. The zero-order chi connectivity index (χ0) is 23.8. The van der Waals surface area contributed by atoms with Crippen LogP contribution >= 0.6 is 15.9 Å². The van der Waals surface area contributed by atoms with Crippen LogP contribution in [0.5, 0.6) is 0 Å². The number of hydrogen-bond acceptors (Lipinski definition) is 3. The zero-order valence-electron chi connectivity index (χ0n) is 18.9. The predicted octanol–water partition coefficient (Wildman–Crippen LogP) is 7.31. The number of hydrogen-bond donors (Lipinski definition) is 2. The highest BCUT2D eigenvalue weighted by Gasteiger charge is 2.43. The smallest absolute Gasteiger partial charge is 0.161 e. The third-order valence-electron chi connectivity index (χ3n) is 6.55. The number of carbonyl (C=O) groups is 1. The van der Waals surface area contributed by atoms with Crippen molar-refractivity contribution in [2.75, 3.05) is 4.90 Å². The maximum Gasteiger partial charge on any atom is 0.161 e. The number of aryl methyl sites for hydroxylation is 1. The Balaban J connectivity index is 1.81. The topological polar surface area (TPSA) is 64.4 Å². The zero-order valence-corrected chi connectivity index (χ0v) is 20.5. The van der Waals surface area contributed by atoms with E-state index < -0.39 is 5.92 Å². The minimum atomic E-state index is -0.496. The van der Waals surface area contributed by atoms with E-state index in [0.29, 0.717) is 29.6 Å². The number of aliphatic hydroxyl groups is 1. The normalized spacial score (nSPS) is 19.8. The molecule has 3 aromatic carbocycles. The molecule has 0 unspecified atom stereocenters. The van der Waals surface area contributed by atoms with Crippen LogP contribution in [0.15, 0.2) is 100 Å². The van der Waals surface area contributed by atoms with Crippen LogP contribution in [0.1, 0.15) is 41.9 Å². The summed E-state index contributed by atoms with van der Waals surface area (Å²) in [5.41, 5.74) is 5.42. The summed E-state index contributed by atoms with van der Waals surface area (Å²) in [6, 6.07) is 25.1. The van der Waals surface area contributed by atoms with Gasteiger partial charge in [-0.25, -0.2) is 0 Å². The van der Waals surface area contributed by atoms with Crippen molar-refractivity contribution < 1.29 is 9.90 Å². The van der Waals surface area contributed by atoms with E-state index >= 15 is 0 Å². The molecule has 0 saturated carbocycles. The van der Waals surface area contributed by atoms with Gasteiger partial charge in [0.1, 0.15) is 11.6 Å². The lowest BCUT2D eigenvalue weighted by molar-refractivity contribution is -0.116. The summed E-state index contributed by atoms with van der Waals surface area (Å²) in [4.78, 5) is 15.3. The van der Waals surface area contributed by atoms with Crippen molar-refractivity contribution in [3.05, 3.63) is 117 Å². The van der Waals surface area contributed by atoms with Gasteiger partial charge in [-0.15, -0.1) is 0 Å². The second kappa shape index (κ2) is 9.07. The Labute approximate surface area is 207 Å². The number of Topliss-reactive ketones (excluding diaryl/α,β-unsaturated/α-hetero) is 1. The van der Waals surface area contributed by atoms with Gasteiger partial charge in [0.25, 0.3) is 0 Å². The molecule has 1 aliphatic carbocycles. The summed E-state index contributed by atoms with van der Waals surface area (Å²) in [5.74, 6) is -0.183. The van der Waals surface area contributed by atoms with Crippen LogP contribution in [-0.2, 0) is 4.79 Å². The summed E-state index contributed by atoms with van der Waals surface area (Å²) in [5, 5.41) is 20.9. The molecular formula is C29H25BrN2O2. The van der Waals surface area contributed by atoms with Gasteiger partial charge in [-0.3, -0.25) is 15.1 Å². The average molecular weight is 513 g/mol. The van der Waals surface area contributed by atoms with E-state index in [4.69, 9.17) is 0 Å².